The van der Waals surface area contributed by atoms with Crippen LogP contribution >= 0.6 is 0 Å². The van der Waals surface area contributed by atoms with E-state index in [-0.39, 0.29) is 24.5 Å². The Kier molecular flexibility index (Phi) is 4.19. The second-order valence-electron chi connectivity index (χ2n) is 5.24. The molecule has 0 radical (unpaired) electrons. The van der Waals surface area contributed by atoms with Crippen LogP contribution in [0.15, 0.2) is 59.7 Å². The van der Waals surface area contributed by atoms with Crippen LogP contribution in [0, 0.1) is 6.92 Å². The van der Waals surface area contributed by atoms with E-state index in [0.717, 1.165) is 5.56 Å². The lowest BCUT2D eigenvalue weighted by Gasteiger charge is -2.22. The summed E-state index contributed by atoms with van der Waals surface area (Å²) in [5.74, 6) is -0.153. The summed E-state index contributed by atoms with van der Waals surface area (Å²) >= 11 is 0. The fourth-order valence-corrected chi connectivity index (χ4v) is 2.30. The molecule has 1 heterocycles. The highest BCUT2D eigenvalue weighted by atomic mass is 16.5. The number of aryl methyl sites for hydroxylation is 1. The van der Waals surface area contributed by atoms with E-state index in [0.29, 0.717) is 11.4 Å². The molecule has 1 aliphatic rings. The number of para-hydroxylation sites is 2. The molecular weight excluding hydrogens is 292 g/mol. The zero-order valence-electron chi connectivity index (χ0n) is 12.7. The average Bonchev–Trinajstić information content (AvgIpc) is 2.58. The van der Waals surface area contributed by atoms with Gasteiger partial charge in [-0.2, -0.15) is 5.10 Å². The van der Waals surface area contributed by atoms with Crippen molar-refractivity contribution in [1.82, 2.24) is 0 Å². The summed E-state index contributed by atoms with van der Waals surface area (Å²) < 4.78 is 5.40. The number of esters is 1. The lowest BCUT2D eigenvalue weighted by Crippen LogP contribution is -2.35. The third-order valence-electron chi connectivity index (χ3n) is 3.57. The van der Waals surface area contributed by atoms with Gasteiger partial charge in [0.25, 0.3) is 0 Å². The Hall–Kier alpha value is -2.95. The van der Waals surface area contributed by atoms with Crippen molar-refractivity contribution in [3.63, 3.8) is 0 Å². The second kappa shape index (κ2) is 6.44. The normalized spacial score (nSPS) is 14.4. The van der Waals surface area contributed by atoms with Gasteiger partial charge in [0.15, 0.2) is 0 Å². The molecular formula is C18H16N2O3. The second-order valence-corrected chi connectivity index (χ2v) is 5.24. The Balaban J connectivity index is 1.83. The van der Waals surface area contributed by atoms with E-state index in [2.05, 4.69) is 5.10 Å². The van der Waals surface area contributed by atoms with Crippen LogP contribution in [0.5, 0.6) is 5.75 Å². The van der Waals surface area contributed by atoms with Crippen molar-refractivity contribution in [2.24, 2.45) is 5.10 Å². The van der Waals surface area contributed by atoms with E-state index >= 15 is 0 Å². The standard InChI is InChI=1S/C18H16N2O3/c1-13-7-5-6-10-16(13)23-18(22)15-11-12-17(21)20(19-15)14-8-3-2-4-9-14/h2-10H,11-12H2,1H3. The summed E-state index contributed by atoms with van der Waals surface area (Å²) in [7, 11) is 0. The van der Waals surface area contributed by atoms with Crippen LogP contribution in [0.4, 0.5) is 5.69 Å². The van der Waals surface area contributed by atoms with Crippen LogP contribution in [-0.4, -0.2) is 17.6 Å². The maximum atomic E-state index is 12.3. The Morgan fingerprint density at radius 3 is 2.48 bits per heavy atom. The summed E-state index contributed by atoms with van der Waals surface area (Å²) in [5, 5.41) is 5.45. The molecule has 1 aliphatic heterocycles. The lowest BCUT2D eigenvalue weighted by molar-refractivity contribution is -0.127. The van der Waals surface area contributed by atoms with Crippen molar-refractivity contribution < 1.29 is 14.3 Å². The zero-order chi connectivity index (χ0) is 16.2. The topological polar surface area (TPSA) is 59.0 Å². The van der Waals surface area contributed by atoms with Gasteiger partial charge in [0, 0.05) is 12.8 Å². The molecule has 0 unspecified atom stereocenters. The Morgan fingerprint density at radius 1 is 1.04 bits per heavy atom. The highest BCUT2D eigenvalue weighted by molar-refractivity contribution is 6.38. The van der Waals surface area contributed by atoms with Gasteiger partial charge in [-0.05, 0) is 30.7 Å². The molecule has 116 valence electrons. The van der Waals surface area contributed by atoms with Gasteiger partial charge >= 0.3 is 5.97 Å². The van der Waals surface area contributed by atoms with Gasteiger partial charge in [-0.25, -0.2) is 9.80 Å². The van der Waals surface area contributed by atoms with Gasteiger partial charge in [-0.3, -0.25) is 4.79 Å². The molecule has 5 heteroatoms. The minimum atomic E-state index is -0.521. The molecule has 0 saturated heterocycles. The molecule has 0 saturated carbocycles. The Bertz CT molecular complexity index is 769. The van der Waals surface area contributed by atoms with E-state index < -0.39 is 5.97 Å². The van der Waals surface area contributed by atoms with Gasteiger partial charge in [0.05, 0.1) is 5.69 Å². The van der Waals surface area contributed by atoms with E-state index in [1.807, 2.05) is 37.3 Å². The average molecular weight is 308 g/mol. The number of hydrogen-bond acceptors (Lipinski definition) is 4. The van der Waals surface area contributed by atoms with Gasteiger partial charge in [-0.15, -0.1) is 0 Å². The first-order valence-corrected chi connectivity index (χ1v) is 7.38. The summed E-state index contributed by atoms with van der Waals surface area (Å²) in [6.07, 6.45) is 0.517. The third-order valence-corrected chi connectivity index (χ3v) is 3.57. The van der Waals surface area contributed by atoms with Crippen LogP contribution in [0.25, 0.3) is 0 Å². The summed E-state index contributed by atoms with van der Waals surface area (Å²) in [4.78, 5) is 24.4. The Labute approximate surface area is 134 Å². The fourth-order valence-electron chi connectivity index (χ4n) is 2.30. The smallest absolute Gasteiger partial charge is 0.359 e. The molecule has 0 aliphatic carbocycles. The van der Waals surface area contributed by atoms with Crippen LogP contribution in [0.1, 0.15) is 18.4 Å². The van der Waals surface area contributed by atoms with E-state index in [1.54, 1.807) is 24.3 Å². The van der Waals surface area contributed by atoms with Crippen molar-refractivity contribution in [3.8, 4) is 5.75 Å². The number of benzene rings is 2. The highest BCUT2D eigenvalue weighted by Crippen LogP contribution is 2.21. The first-order chi connectivity index (χ1) is 11.1. The number of anilines is 1. The van der Waals surface area contributed by atoms with Crippen molar-refractivity contribution in [2.75, 3.05) is 5.01 Å². The number of nitrogens with zero attached hydrogens (tertiary/aromatic N) is 2. The molecule has 0 bridgehead atoms. The molecule has 0 fully saturated rings. The number of carbonyl (C=O) groups is 2. The van der Waals surface area contributed by atoms with Crippen molar-refractivity contribution >= 4 is 23.3 Å². The first-order valence-electron chi connectivity index (χ1n) is 7.38. The number of hydrazone groups is 1. The van der Waals surface area contributed by atoms with Crippen LogP contribution < -0.4 is 9.75 Å². The van der Waals surface area contributed by atoms with Crippen LogP contribution in [0.2, 0.25) is 0 Å². The van der Waals surface area contributed by atoms with Gasteiger partial charge in [0.2, 0.25) is 5.91 Å². The predicted octanol–water partition coefficient (Wildman–Crippen LogP) is 3.08. The van der Waals surface area contributed by atoms with E-state index in [1.165, 1.54) is 5.01 Å². The maximum absolute atomic E-state index is 12.3. The minimum absolute atomic E-state index is 0.136. The van der Waals surface area contributed by atoms with Gasteiger partial charge < -0.3 is 4.74 Å². The molecule has 23 heavy (non-hydrogen) atoms. The van der Waals surface area contributed by atoms with Crippen molar-refractivity contribution in [2.45, 2.75) is 19.8 Å². The number of hydrogen-bond donors (Lipinski definition) is 0. The first kappa shape index (κ1) is 15.0. The fraction of sp³-hybridized carbons (Fsp3) is 0.167. The van der Waals surface area contributed by atoms with E-state index in [4.69, 9.17) is 4.74 Å². The van der Waals surface area contributed by atoms with Crippen LogP contribution in [0.3, 0.4) is 0 Å². The maximum Gasteiger partial charge on any atom is 0.359 e. The third kappa shape index (κ3) is 3.29. The van der Waals surface area contributed by atoms with Gasteiger partial charge in [0.1, 0.15) is 11.5 Å². The number of rotatable bonds is 3. The molecule has 0 N–H and O–H groups in total. The lowest BCUT2D eigenvalue weighted by atomic mass is 10.1. The predicted molar refractivity (Wildman–Crippen MR) is 87.4 cm³/mol. The molecule has 0 aromatic heterocycles. The summed E-state index contributed by atoms with van der Waals surface area (Å²) in [5.41, 5.74) is 1.75. The van der Waals surface area contributed by atoms with Gasteiger partial charge in [-0.1, -0.05) is 36.4 Å². The van der Waals surface area contributed by atoms with Crippen molar-refractivity contribution in [3.05, 3.63) is 60.2 Å². The van der Waals surface area contributed by atoms with Crippen LogP contribution in [-0.2, 0) is 9.59 Å². The quantitative estimate of drug-likeness (QED) is 0.646. The monoisotopic (exact) mass is 308 g/mol. The van der Waals surface area contributed by atoms with E-state index in [9.17, 15) is 9.59 Å². The number of amides is 1. The highest BCUT2D eigenvalue weighted by Gasteiger charge is 2.26. The molecule has 0 atom stereocenters. The molecule has 3 rings (SSSR count). The number of carbonyl (C=O) groups excluding carboxylic acids is 2. The molecule has 2 aromatic carbocycles. The SMILES string of the molecule is Cc1ccccc1OC(=O)C1=NN(c2ccccc2)C(=O)CC1. The van der Waals surface area contributed by atoms with Crippen molar-refractivity contribution in [1.29, 1.82) is 0 Å². The Morgan fingerprint density at radius 2 is 1.74 bits per heavy atom. The summed E-state index contributed by atoms with van der Waals surface area (Å²) in [6, 6.07) is 16.3. The molecule has 2 aromatic rings. The molecule has 0 spiro atoms. The largest absolute Gasteiger partial charge is 0.422 e. The number of ether oxygens (including phenoxy) is 1. The zero-order valence-corrected chi connectivity index (χ0v) is 12.7. The molecule has 5 nitrogen and oxygen atoms in total. The summed E-state index contributed by atoms with van der Waals surface area (Å²) in [6.45, 7) is 1.87. The molecule has 1 amide bonds. The minimum Gasteiger partial charge on any atom is -0.422 e.